The van der Waals surface area contributed by atoms with Gasteiger partial charge in [0.05, 0.1) is 12.5 Å². The van der Waals surface area contributed by atoms with Crippen LogP contribution in [-0.4, -0.2) is 29.9 Å². The number of amides is 2. The van der Waals surface area contributed by atoms with Gasteiger partial charge in [0.2, 0.25) is 5.91 Å². The number of piperazine rings is 1. The molecule has 1 aromatic rings. The molecule has 0 aromatic heterocycles. The van der Waals surface area contributed by atoms with Crippen molar-refractivity contribution in [2.45, 2.75) is 57.2 Å². The molecule has 1 aliphatic heterocycles. The van der Waals surface area contributed by atoms with Gasteiger partial charge in [0, 0.05) is 12.1 Å². The SMILES string of the molecule is Cc1cccc(NC(=O)C[C@H]2[NH2+][C@H]3CCCC[C@H]3NC2=O)c1. The Labute approximate surface area is 130 Å². The van der Waals surface area contributed by atoms with Gasteiger partial charge in [0.1, 0.15) is 6.04 Å². The molecule has 0 spiro atoms. The Kier molecular flexibility index (Phi) is 4.43. The van der Waals surface area contributed by atoms with Crippen LogP contribution in [0.3, 0.4) is 0 Å². The van der Waals surface area contributed by atoms with Gasteiger partial charge in [-0.3, -0.25) is 9.59 Å². The number of fused-ring (bicyclic) bond motifs is 1. The van der Waals surface area contributed by atoms with E-state index in [1.54, 1.807) is 0 Å². The van der Waals surface area contributed by atoms with E-state index in [9.17, 15) is 9.59 Å². The fourth-order valence-corrected chi connectivity index (χ4v) is 3.54. The van der Waals surface area contributed by atoms with Crippen LogP contribution in [0.5, 0.6) is 0 Å². The first-order chi connectivity index (χ1) is 10.6. The van der Waals surface area contributed by atoms with E-state index in [2.05, 4.69) is 16.0 Å². The molecule has 1 aromatic carbocycles. The number of nitrogens with one attached hydrogen (secondary N) is 2. The lowest BCUT2D eigenvalue weighted by molar-refractivity contribution is -0.718. The number of rotatable bonds is 3. The van der Waals surface area contributed by atoms with Crippen LogP contribution in [0.4, 0.5) is 5.69 Å². The van der Waals surface area contributed by atoms with E-state index in [0.717, 1.165) is 24.1 Å². The number of hydrogen-bond acceptors (Lipinski definition) is 2. The van der Waals surface area contributed by atoms with Crippen LogP contribution in [0.2, 0.25) is 0 Å². The predicted octanol–water partition coefficient (Wildman–Crippen LogP) is 0.697. The van der Waals surface area contributed by atoms with Gasteiger partial charge in [-0.25, -0.2) is 0 Å². The van der Waals surface area contributed by atoms with Gasteiger partial charge in [-0.2, -0.15) is 0 Å². The summed E-state index contributed by atoms with van der Waals surface area (Å²) in [6.07, 6.45) is 4.82. The number of carbonyl (C=O) groups excluding carboxylic acids is 2. The molecular formula is C17H24N3O2+. The number of carbonyl (C=O) groups is 2. The molecule has 5 nitrogen and oxygen atoms in total. The quantitative estimate of drug-likeness (QED) is 0.769. The third-order valence-corrected chi connectivity index (χ3v) is 4.67. The van der Waals surface area contributed by atoms with E-state index in [-0.39, 0.29) is 30.3 Å². The molecule has 0 radical (unpaired) electrons. The van der Waals surface area contributed by atoms with Crippen LogP contribution in [0, 0.1) is 6.92 Å². The molecule has 2 aliphatic rings. The summed E-state index contributed by atoms with van der Waals surface area (Å²) < 4.78 is 0. The number of nitrogens with two attached hydrogens (primary N) is 1. The normalized spacial score (nSPS) is 27.7. The zero-order chi connectivity index (χ0) is 15.5. The van der Waals surface area contributed by atoms with E-state index in [0.29, 0.717) is 6.04 Å². The standard InChI is InChI=1S/C17H23N3O2/c1-11-5-4-6-12(9-11)18-16(21)10-15-17(22)20-14-8-3-2-7-13(14)19-15/h4-6,9,13-15,19H,2-3,7-8,10H2,1H3,(H,18,21)(H,20,22)/p+1/t13-,14+,15+/m0/s1. The predicted molar refractivity (Wildman–Crippen MR) is 84.3 cm³/mol. The first-order valence-corrected chi connectivity index (χ1v) is 8.14. The Bertz CT molecular complexity index is 573. The van der Waals surface area contributed by atoms with Crippen molar-refractivity contribution in [1.82, 2.24) is 5.32 Å². The molecular weight excluding hydrogens is 278 g/mol. The zero-order valence-corrected chi connectivity index (χ0v) is 13.0. The highest BCUT2D eigenvalue weighted by atomic mass is 16.2. The molecule has 3 atom stereocenters. The summed E-state index contributed by atoms with van der Waals surface area (Å²) in [5.41, 5.74) is 1.89. The Hall–Kier alpha value is -1.88. The molecule has 4 N–H and O–H groups in total. The molecule has 2 amide bonds. The Morgan fingerprint density at radius 1 is 1.36 bits per heavy atom. The van der Waals surface area contributed by atoms with Crippen LogP contribution < -0.4 is 16.0 Å². The number of hydrogen-bond donors (Lipinski definition) is 3. The van der Waals surface area contributed by atoms with Crippen molar-refractivity contribution < 1.29 is 14.9 Å². The largest absolute Gasteiger partial charge is 0.342 e. The monoisotopic (exact) mass is 302 g/mol. The lowest BCUT2D eigenvalue weighted by Crippen LogP contribution is -3.03. The first-order valence-electron chi connectivity index (χ1n) is 8.14. The van der Waals surface area contributed by atoms with Gasteiger partial charge < -0.3 is 16.0 Å². The maximum atomic E-state index is 12.2. The number of quaternary nitrogens is 1. The highest BCUT2D eigenvalue weighted by Gasteiger charge is 2.40. The van der Waals surface area contributed by atoms with E-state index in [4.69, 9.17) is 0 Å². The summed E-state index contributed by atoms with van der Waals surface area (Å²) in [4.78, 5) is 24.4. The molecule has 1 heterocycles. The molecule has 1 saturated carbocycles. The molecule has 1 aliphatic carbocycles. The third-order valence-electron chi connectivity index (χ3n) is 4.67. The van der Waals surface area contributed by atoms with Crippen LogP contribution in [-0.2, 0) is 9.59 Å². The van der Waals surface area contributed by atoms with E-state index >= 15 is 0 Å². The molecule has 22 heavy (non-hydrogen) atoms. The second kappa shape index (κ2) is 6.48. The van der Waals surface area contributed by atoms with Crippen molar-refractivity contribution in [2.75, 3.05) is 5.32 Å². The molecule has 0 unspecified atom stereocenters. The van der Waals surface area contributed by atoms with Crippen molar-refractivity contribution in [3.05, 3.63) is 29.8 Å². The van der Waals surface area contributed by atoms with Crippen LogP contribution in [0.15, 0.2) is 24.3 Å². The number of benzene rings is 1. The van der Waals surface area contributed by atoms with Crippen molar-refractivity contribution in [1.29, 1.82) is 0 Å². The average molecular weight is 302 g/mol. The highest BCUT2D eigenvalue weighted by molar-refractivity contribution is 5.95. The first kappa shape index (κ1) is 15.0. The topological polar surface area (TPSA) is 74.8 Å². The highest BCUT2D eigenvalue weighted by Crippen LogP contribution is 2.18. The third kappa shape index (κ3) is 3.47. The lowest BCUT2D eigenvalue weighted by atomic mass is 9.87. The van der Waals surface area contributed by atoms with Crippen molar-refractivity contribution in [3.63, 3.8) is 0 Å². The summed E-state index contributed by atoms with van der Waals surface area (Å²) >= 11 is 0. The van der Waals surface area contributed by atoms with Gasteiger partial charge in [-0.05, 0) is 37.5 Å². The van der Waals surface area contributed by atoms with Crippen molar-refractivity contribution >= 4 is 17.5 Å². The van der Waals surface area contributed by atoms with E-state index in [1.807, 2.05) is 31.2 Å². The van der Waals surface area contributed by atoms with Gasteiger partial charge in [-0.15, -0.1) is 0 Å². The summed E-state index contributed by atoms with van der Waals surface area (Å²) in [7, 11) is 0. The van der Waals surface area contributed by atoms with Gasteiger partial charge >= 0.3 is 0 Å². The minimum atomic E-state index is -0.302. The van der Waals surface area contributed by atoms with Gasteiger partial charge in [0.15, 0.2) is 6.04 Å². The van der Waals surface area contributed by atoms with Gasteiger partial charge in [-0.1, -0.05) is 18.6 Å². The molecule has 1 saturated heterocycles. The summed E-state index contributed by atoms with van der Waals surface area (Å²) in [5, 5.41) is 8.09. The Morgan fingerprint density at radius 3 is 3.00 bits per heavy atom. The van der Waals surface area contributed by atoms with E-state index < -0.39 is 0 Å². The molecule has 3 rings (SSSR count). The maximum absolute atomic E-state index is 12.2. The second-order valence-electron chi connectivity index (χ2n) is 6.48. The second-order valence-corrected chi connectivity index (χ2v) is 6.48. The smallest absolute Gasteiger partial charge is 0.279 e. The minimum Gasteiger partial charge on any atom is -0.342 e. The Balaban J connectivity index is 1.57. The minimum absolute atomic E-state index is 0.00235. The van der Waals surface area contributed by atoms with Crippen molar-refractivity contribution in [3.8, 4) is 0 Å². The molecule has 2 fully saturated rings. The number of aryl methyl sites for hydroxylation is 1. The fourth-order valence-electron chi connectivity index (χ4n) is 3.54. The molecule has 5 heteroatoms. The van der Waals surface area contributed by atoms with Crippen molar-refractivity contribution in [2.24, 2.45) is 0 Å². The number of anilines is 1. The zero-order valence-electron chi connectivity index (χ0n) is 13.0. The van der Waals surface area contributed by atoms with Gasteiger partial charge in [0.25, 0.3) is 5.91 Å². The fraction of sp³-hybridized carbons (Fsp3) is 0.529. The van der Waals surface area contributed by atoms with Crippen LogP contribution in [0.1, 0.15) is 37.7 Å². The lowest BCUT2D eigenvalue weighted by Gasteiger charge is -2.37. The average Bonchev–Trinajstić information content (AvgIpc) is 2.48. The molecule has 118 valence electrons. The summed E-state index contributed by atoms with van der Waals surface area (Å²) in [6, 6.07) is 8.12. The van der Waals surface area contributed by atoms with Crippen LogP contribution in [0.25, 0.3) is 0 Å². The summed E-state index contributed by atoms with van der Waals surface area (Å²) in [6.45, 7) is 1.99. The summed E-state index contributed by atoms with van der Waals surface area (Å²) in [5.74, 6) is -0.0983. The van der Waals surface area contributed by atoms with Crippen LogP contribution >= 0.6 is 0 Å². The molecule has 0 bridgehead atoms. The maximum Gasteiger partial charge on any atom is 0.279 e. The van der Waals surface area contributed by atoms with E-state index in [1.165, 1.54) is 12.8 Å². The Morgan fingerprint density at radius 2 is 2.18 bits per heavy atom.